The molecular weight excluding hydrogens is 361 g/mol. The van der Waals surface area contributed by atoms with Crippen molar-refractivity contribution in [3.05, 3.63) is 75.2 Å². The van der Waals surface area contributed by atoms with Gasteiger partial charge >= 0.3 is 6.18 Å². The second-order valence-corrected chi connectivity index (χ2v) is 6.93. The van der Waals surface area contributed by atoms with E-state index in [2.05, 4.69) is 5.32 Å². The maximum Gasteiger partial charge on any atom is 0.418 e. The summed E-state index contributed by atoms with van der Waals surface area (Å²) in [6.07, 6.45) is -4.47. The molecule has 0 spiro atoms. The number of carbonyl (C=O) groups is 1. The number of alkyl halides is 3. The van der Waals surface area contributed by atoms with Crippen molar-refractivity contribution in [2.24, 2.45) is 0 Å². The number of nitrogens with zero attached hydrogens (tertiary/aromatic N) is 1. The average Bonchev–Trinajstić information content (AvgIpc) is 3.20. The molecule has 0 saturated heterocycles. The molecule has 3 aromatic rings. The van der Waals surface area contributed by atoms with Crippen molar-refractivity contribution < 1.29 is 18.0 Å². The van der Waals surface area contributed by atoms with Crippen LogP contribution in [0.4, 0.5) is 13.2 Å². The number of thiophene rings is 1. The molecule has 2 heterocycles. The van der Waals surface area contributed by atoms with E-state index < -0.39 is 11.7 Å². The standard InChI is InChI=1S/C19H17F3N2OS/c1-12-10-15(18(25)23-11-14-6-5-9-26-14)13(2)24(12)17-8-4-3-7-16(17)19(20,21)22/h3-10H,11H2,1-2H3,(H,23,25). The molecule has 0 aliphatic heterocycles. The number of benzene rings is 1. The Hall–Kier alpha value is -2.54. The lowest BCUT2D eigenvalue weighted by Crippen LogP contribution is -2.23. The lowest BCUT2D eigenvalue weighted by Gasteiger charge is -2.16. The molecule has 0 aliphatic rings. The molecule has 1 aromatic carbocycles. The molecule has 0 bridgehead atoms. The number of hydrogen-bond donors (Lipinski definition) is 1. The molecule has 1 N–H and O–H groups in total. The molecule has 136 valence electrons. The third-order valence-corrected chi connectivity index (χ3v) is 5.01. The Morgan fingerprint density at radius 2 is 1.88 bits per heavy atom. The van der Waals surface area contributed by atoms with Crippen molar-refractivity contribution in [2.75, 3.05) is 0 Å². The molecule has 0 saturated carbocycles. The number of halogens is 3. The number of rotatable bonds is 4. The van der Waals surface area contributed by atoms with Gasteiger partial charge in [0.1, 0.15) is 0 Å². The predicted octanol–water partition coefficient (Wildman–Crippen LogP) is 5.10. The molecule has 0 radical (unpaired) electrons. The predicted molar refractivity (Wildman–Crippen MR) is 95.7 cm³/mol. The van der Waals surface area contributed by atoms with Gasteiger partial charge in [-0.3, -0.25) is 4.79 Å². The lowest BCUT2D eigenvalue weighted by molar-refractivity contribution is -0.137. The summed E-state index contributed by atoms with van der Waals surface area (Å²) in [6.45, 7) is 3.73. The Balaban J connectivity index is 1.95. The summed E-state index contributed by atoms with van der Waals surface area (Å²) in [4.78, 5) is 13.5. The van der Waals surface area contributed by atoms with Gasteiger partial charge in [0.15, 0.2) is 0 Å². The SMILES string of the molecule is Cc1cc(C(=O)NCc2cccs2)c(C)n1-c1ccccc1C(F)(F)F. The summed E-state index contributed by atoms with van der Waals surface area (Å²) < 4.78 is 41.5. The van der Waals surface area contributed by atoms with E-state index in [9.17, 15) is 18.0 Å². The van der Waals surface area contributed by atoms with Crippen LogP contribution in [-0.2, 0) is 12.7 Å². The minimum atomic E-state index is -4.47. The van der Waals surface area contributed by atoms with Crippen LogP contribution in [0.25, 0.3) is 5.69 Å². The number of para-hydroxylation sites is 1. The van der Waals surface area contributed by atoms with Crippen LogP contribution in [0.1, 0.15) is 32.2 Å². The zero-order valence-electron chi connectivity index (χ0n) is 14.2. The summed E-state index contributed by atoms with van der Waals surface area (Å²) >= 11 is 1.53. The molecule has 0 aliphatic carbocycles. The third kappa shape index (κ3) is 3.53. The molecule has 0 unspecified atom stereocenters. The van der Waals surface area contributed by atoms with Gasteiger partial charge in [-0.2, -0.15) is 13.2 Å². The van der Waals surface area contributed by atoms with E-state index in [1.54, 1.807) is 26.0 Å². The molecule has 0 atom stereocenters. The Morgan fingerprint density at radius 1 is 1.15 bits per heavy atom. The minimum Gasteiger partial charge on any atom is -0.347 e. The highest BCUT2D eigenvalue weighted by Crippen LogP contribution is 2.35. The van der Waals surface area contributed by atoms with E-state index in [1.807, 2.05) is 17.5 Å². The Kier molecular flexibility index (Phi) is 4.91. The Labute approximate surface area is 153 Å². The number of amides is 1. The topological polar surface area (TPSA) is 34.0 Å². The fourth-order valence-electron chi connectivity index (χ4n) is 2.95. The summed E-state index contributed by atoms with van der Waals surface area (Å²) in [6, 6.07) is 10.8. The summed E-state index contributed by atoms with van der Waals surface area (Å²) in [7, 11) is 0. The van der Waals surface area contributed by atoms with E-state index >= 15 is 0 Å². The Morgan fingerprint density at radius 3 is 2.54 bits per heavy atom. The van der Waals surface area contributed by atoms with Gasteiger partial charge in [0, 0.05) is 16.3 Å². The molecule has 26 heavy (non-hydrogen) atoms. The van der Waals surface area contributed by atoms with E-state index in [-0.39, 0.29) is 11.6 Å². The van der Waals surface area contributed by atoms with Crippen LogP contribution in [0.2, 0.25) is 0 Å². The van der Waals surface area contributed by atoms with Crippen molar-refractivity contribution in [3.63, 3.8) is 0 Å². The normalized spacial score (nSPS) is 11.6. The number of nitrogens with one attached hydrogen (secondary N) is 1. The van der Waals surface area contributed by atoms with Crippen molar-refractivity contribution >= 4 is 17.2 Å². The first-order valence-corrected chi connectivity index (χ1v) is 8.83. The first-order valence-electron chi connectivity index (χ1n) is 7.95. The lowest BCUT2D eigenvalue weighted by atomic mass is 10.1. The van der Waals surface area contributed by atoms with Gasteiger partial charge in [-0.25, -0.2) is 0 Å². The summed E-state index contributed by atoms with van der Waals surface area (Å²) in [5.41, 5.74) is 0.707. The maximum absolute atomic E-state index is 13.3. The minimum absolute atomic E-state index is 0.0207. The molecule has 3 nitrogen and oxygen atoms in total. The second kappa shape index (κ2) is 6.99. The summed E-state index contributed by atoms with van der Waals surface area (Å²) in [5.74, 6) is -0.303. The number of hydrogen-bond acceptors (Lipinski definition) is 2. The fraction of sp³-hybridized carbons (Fsp3) is 0.211. The Bertz CT molecular complexity index is 927. The van der Waals surface area contributed by atoms with Crippen LogP contribution in [0.5, 0.6) is 0 Å². The monoisotopic (exact) mass is 378 g/mol. The third-order valence-electron chi connectivity index (χ3n) is 4.13. The van der Waals surface area contributed by atoms with E-state index in [0.29, 0.717) is 23.5 Å². The molecule has 1 amide bonds. The largest absolute Gasteiger partial charge is 0.418 e. The van der Waals surface area contributed by atoms with E-state index in [1.165, 1.54) is 28.0 Å². The van der Waals surface area contributed by atoms with Gasteiger partial charge in [0.2, 0.25) is 0 Å². The second-order valence-electron chi connectivity index (χ2n) is 5.90. The zero-order chi connectivity index (χ0) is 18.9. The van der Waals surface area contributed by atoms with Crippen LogP contribution in [0, 0.1) is 13.8 Å². The zero-order valence-corrected chi connectivity index (χ0v) is 15.0. The van der Waals surface area contributed by atoms with Gasteiger partial charge in [-0.15, -0.1) is 11.3 Å². The van der Waals surface area contributed by atoms with E-state index in [4.69, 9.17) is 0 Å². The van der Waals surface area contributed by atoms with Gasteiger partial charge in [-0.05, 0) is 43.5 Å². The van der Waals surface area contributed by atoms with Gasteiger partial charge in [0.05, 0.1) is 23.4 Å². The van der Waals surface area contributed by atoms with E-state index in [0.717, 1.165) is 10.9 Å². The van der Waals surface area contributed by atoms with Crippen molar-refractivity contribution in [1.29, 1.82) is 0 Å². The van der Waals surface area contributed by atoms with Crippen molar-refractivity contribution in [2.45, 2.75) is 26.6 Å². The van der Waals surface area contributed by atoms with Crippen LogP contribution < -0.4 is 5.32 Å². The first-order chi connectivity index (χ1) is 12.3. The molecule has 0 fully saturated rings. The quantitative estimate of drug-likeness (QED) is 0.673. The summed E-state index contributed by atoms with van der Waals surface area (Å²) in [5, 5.41) is 4.73. The van der Waals surface area contributed by atoms with Crippen molar-refractivity contribution in [3.8, 4) is 5.69 Å². The van der Waals surface area contributed by atoms with Gasteiger partial charge in [0.25, 0.3) is 5.91 Å². The molecule has 7 heteroatoms. The highest BCUT2D eigenvalue weighted by molar-refractivity contribution is 7.09. The number of aryl methyl sites for hydroxylation is 1. The van der Waals surface area contributed by atoms with Crippen molar-refractivity contribution in [1.82, 2.24) is 9.88 Å². The van der Waals surface area contributed by atoms with Gasteiger partial charge in [-0.1, -0.05) is 18.2 Å². The van der Waals surface area contributed by atoms with Gasteiger partial charge < -0.3 is 9.88 Å². The fourth-order valence-corrected chi connectivity index (χ4v) is 3.59. The molecule has 2 aromatic heterocycles. The number of aromatic nitrogens is 1. The van der Waals surface area contributed by atoms with Crippen LogP contribution in [0.3, 0.4) is 0 Å². The molecule has 3 rings (SSSR count). The van der Waals surface area contributed by atoms with Crippen LogP contribution in [0.15, 0.2) is 47.8 Å². The average molecular weight is 378 g/mol. The highest BCUT2D eigenvalue weighted by atomic mass is 32.1. The highest BCUT2D eigenvalue weighted by Gasteiger charge is 2.34. The molecular formula is C19H17F3N2OS. The maximum atomic E-state index is 13.3. The first kappa shape index (κ1) is 18.3. The number of carbonyl (C=O) groups excluding carboxylic acids is 1. The smallest absolute Gasteiger partial charge is 0.347 e. The van der Waals surface area contributed by atoms with Crippen LogP contribution in [-0.4, -0.2) is 10.5 Å². The van der Waals surface area contributed by atoms with Crippen LogP contribution >= 0.6 is 11.3 Å².